The Bertz CT molecular complexity index is 745. The fourth-order valence-electron chi connectivity index (χ4n) is 3.63. The molecule has 0 bridgehead atoms. The lowest BCUT2D eigenvalue weighted by molar-refractivity contribution is 0.0682. The Labute approximate surface area is 148 Å². The Balaban J connectivity index is 1.88. The van der Waals surface area contributed by atoms with E-state index in [0.717, 1.165) is 38.2 Å². The number of benzene rings is 1. The van der Waals surface area contributed by atoms with Crippen molar-refractivity contribution in [3.05, 3.63) is 29.6 Å². The third kappa shape index (κ3) is 3.87. The largest absolute Gasteiger partial charge is 0.338 e. The van der Waals surface area contributed by atoms with E-state index in [4.69, 9.17) is 0 Å². The number of carbonyl (C=O) groups is 1. The zero-order valence-corrected chi connectivity index (χ0v) is 15.4. The van der Waals surface area contributed by atoms with Crippen LogP contribution >= 0.6 is 0 Å². The number of likely N-dealkylation sites (tertiary alicyclic amines) is 1. The molecular formula is C18H25FN2O3S. The van der Waals surface area contributed by atoms with Crippen LogP contribution in [-0.2, 0) is 10.0 Å². The molecule has 138 valence electrons. The van der Waals surface area contributed by atoms with Gasteiger partial charge in [0.15, 0.2) is 0 Å². The molecule has 2 fully saturated rings. The predicted molar refractivity (Wildman–Crippen MR) is 93.3 cm³/mol. The molecule has 2 aliphatic rings. The number of rotatable bonds is 3. The van der Waals surface area contributed by atoms with Gasteiger partial charge in [-0.15, -0.1) is 0 Å². The van der Waals surface area contributed by atoms with Gasteiger partial charge in [-0.3, -0.25) is 4.79 Å². The van der Waals surface area contributed by atoms with Crippen molar-refractivity contribution < 1.29 is 17.6 Å². The average molecular weight is 368 g/mol. The van der Waals surface area contributed by atoms with Gasteiger partial charge < -0.3 is 4.90 Å². The number of nitrogens with zero attached hydrogens (tertiary/aromatic N) is 2. The standard InChI is InChI=1S/C18H25FN2O3S/c1-14-6-5-9-20(13-14)18(22)15-7-8-16(19)17(12-15)25(23,24)21-10-3-2-4-11-21/h7-8,12,14H,2-6,9-11,13H2,1H3/t14-/m1/s1. The number of piperidine rings is 2. The van der Waals surface area contributed by atoms with Crippen LogP contribution in [0.25, 0.3) is 0 Å². The first kappa shape index (κ1) is 18.3. The summed E-state index contributed by atoms with van der Waals surface area (Å²) in [7, 11) is -3.90. The van der Waals surface area contributed by atoms with Crippen LogP contribution in [0.15, 0.2) is 23.1 Å². The average Bonchev–Trinajstić information content (AvgIpc) is 2.62. The van der Waals surface area contributed by atoms with E-state index in [1.165, 1.54) is 16.4 Å². The second-order valence-corrected chi connectivity index (χ2v) is 9.01. The summed E-state index contributed by atoms with van der Waals surface area (Å²) >= 11 is 0. The molecule has 0 aromatic heterocycles. The number of carbonyl (C=O) groups excluding carboxylic acids is 1. The summed E-state index contributed by atoms with van der Waals surface area (Å²) in [4.78, 5) is 14.1. The minimum absolute atomic E-state index is 0.221. The molecular weight excluding hydrogens is 343 g/mol. The first-order chi connectivity index (χ1) is 11.9. The molecule has 7 heteroatoms. The fourth-order valence-corrected chi connectivity index (χ4v) is 5.24. The summed E-state index contributed by atoms with van der Waals surface area (Å²) < 4.78 is 41.1. The Kier molecular flexibility index (Phi) is 5.43. The van der Waals surface area contributed by atoms with Crippen molar-refractivity contribution in [3.8, 4) is 0 Å². The van der Waals surface area contributed by atoms with Crippen LogP contribution in [0.3, 0.4) is 0 Å². The fraction of sp³-hybridized carbons (Fsp3) is 0.611. The van der Waals surface area contributed by atoms with Gasteiger partial charge in [0.25, 0.3) is 5.91 Å². The molecule has 0 N–H and O–H groups in total. The van der Waals surface area contributed by atoms with Crippen LogP contribution in [0.1, 0.15) is 49.4 Å². The van der Waals surface area contributed by atoms with Crippen molar-refractivity contribution in [3.63, 3.8) is 0 Å². The molecule has 0 spiro atoms. The highest BCUT2D eigenvalue weighted by atomic mass is 32.2. The lowest BCUT2D eigenvalue weighted by Gasteiger charge is -2.31. The van der Waals surface area contributed by atoms with E-state index < -0.39 is 15.8 Å². The topological polar surface area (TPSA) is 57.7 Å². The SMILES string of the molecule is C[C@@H]1CCCN(C(=O)c2ccc(F)c(S(=O)(=O)N3CCCCC3)c2)C1. The van der Waals surface area contributed by atoms with Gasteiger partial charge in [-0.2, -0.15) is 4.31 Å². The van der Waals surface area contributed by atoms with Crippen molar-refractivity contribution in [2.75, 3.05) is 26.2 Å². The quantitative estimate of drug-likeness (QED) is 0.824. The number of hydrogen-bond donors (Lipinski definition) is 0. The van der Waals surface area contributed by atoms with Gasteiger partial charge in [-0.1, -0.05) is 13.3 Å². The smallest absolute Gasteiger partial charge is 0.253 e. The summed E-state index contributed by atoms with van der Waals surface area (Å²) in [5, 5.41) is 0. The summed E-state index contributed by atoms with van der Waals surface area (Å²) in [6.07, 6.45) is 4.57. The molecule has 1 aromatic carbocycles. The molecule has 1 aromatic rings. The van der Waals surface area contributed by atoms with Crippen LogP contribution in [0.4, 0.5) is 4.39 Å². The highest BCUT2D eigenvalue weighted by Gasteiger charge is 2.30. The molecule has 3 rings (SSSR count). The van der Waals surface area contributed by atoms with Gasteiger partial charge in [0.2, 0.25) is 10.0 Å². The van der Waals surface area contributed by atoms with E-state index in [1.54, 1.807) is 4.90 Å². The molecule has 2 heterocycles. The minimum Gasteiger partial charge on any atom is -0.338 e. The molecule has 25 heavy (non-hydrogen) atoms. The van der Waals surface area contributed by atoms with Gasteiger partial charge in [0.1, 0.15) is 10.7 Å². The first-order valence-corrected chi connectivity index (χ1v) is 10.4. The van der Waals surface area contributed by atoms with E-state index in [1.807, 2.05) is 0 Å². The van der Waals surface area contributed by atoms with Gasteiger partial charge in [-0.05, 0) is 49.8 Å². The second-order valence-electron chi connectivity index (χ2n) is 7.11. The van der Waals surface area contributed by atoms with E-state index in [2.05, 4.69) is 6.92 Å². The molecule has 0 radical (unpaired) electrons. The zero-order valence-electron chi connectivity index (χ0n) is 14.6. The molecule has 0 unspecified atom stereocenters. The number of amides is 1. The Morgan fingerprint density at radius 3 is 2.52 bits per heavy atom. The summed E-state index contributed by atoms with van der Waals surface area (Å²) in [5.41, 5.74) is 0.242. The van der Waals surface area contributed by atoms with Crippen LogP contribution in [-0.4, -0.2) is 49.7 Å². The highest BCUT2D eigenvalue weighted by Crippen LogP contribution is 2.25. The number of sulfonamides is 1. The van der Waals surface area contributed by atoms with E-state index in [-0.39, 0.29) is 16.4 Å². The monoisotopic (exact) mass is 368 g/mol. The maximum absolute atomic E-state index is 14.3. The van der Waals surface area contributed by atoms with Gasteiger partial charge in [0.05, 0.1) is 0 Å². The van der Waals surface area contributed by atoms with Crippen molar-refractivity contribution >= 4 is 15.9 Å². The van der Waals surface area contributed by atoms with Gasteiger partial charge in [0, 0.05) is 31.7 Å². The second kappa shape index (κ2) is 7.41. The predicted octanol–water partition coefficient (Wildman–Crippen LogP) is 2.87. The van der Waals surface area contributed by atoms with Gasteiger partial charge >= 0.3 is 0 Å². The number of hydrogen-bond acceptors (Lipinski definition) is 3. The summed E-state index contributed by atoms with van der Waals surface area (Å²) in [5.74, 6) is -0.592. The van der Waals surface area contributed by atoms with Crippen LogP contribution in [0.5, 0.6) is 0 Å². The van der Waals surface area contributed by atoms with Crippen molar-refractivity contribution in [1.29, 1.82) is 0 Å². The van der Waals surface area contributed by atoms with Crippen molar-refractivity contribution in [2.24, 2.45) is 5.92 Å². The molecule has 1 atom stereocenters. The Morgan fingerprint density at radius 2 is 1.84 bits per heavy atom. The number of halogens is 1. The molecule has 5 nitrogen and oxygen atoms in total. The summed E-state index contributed by atoms with van der Waals surface area (Å²) in [6.45, 7) is 4.22. The molecule has 0 aliphatic carbocycles. The van der Waals surface area contributed by atoms with E-state index in [0.29, 0.717) is 32.1 Å². The maximum atomic E-state index is 14.3. The molecule has 0 saturated carbocycles. The van der Waals surface area contributed by atoms with Crippen molar-refractivity contribution in [1.82, 2.24) is 9.21 Å². The highest BCUT2D eigenvalue weighted by molar-refractivity contribution is 7.89. The zero-order chi connectivity index (χ0) is 18.0. The van der Waals surface area contributed by atoms with Crippen molar-refractivity contribution in [2.45, 2.75) is 43.9 Å². The lowest BCUT2D eigenvalue weighted by atomic mass is 9.99. The molecule has 1 amide bonds. The van der Waals surface area contributed by atoms with Crippen LogP contribution < -0.4 is 0 Å². The van der Waals surface area contributed by atoms with Gasteiger partial charge in [-0.25, -0.2) is 12.8 Å². The molecule has 2 aliphatic heterocycles. The van der Waals surface area contributed by atoms with E-state index in [9.17, 15) is 17.6 Å². The maximum Gasteiger partial charge on any atom is 0.253 e. The Hall–Kier alpha value is -1.47. The van der Waals surface area contributed by atoms with E-state index >= 15 is 0 Å². The lowest BCUT2D eigenvalue weighted by Crippen LogP contribution is -2.39. The third-order valence-corrected chi connectivity index (χ3v) is 6.97. The Morgan fingerprint density at radius 1 is 1.12 bits per heavy atom. The minimum atomic E-state index is -3.90. The normalized spacial score (nSPS) is 22.8. The molecule has 2 saturated heterocycles. The first-order valence-electron chi connectivity index (χ1n) is 8.98. The summed E-state index contributed by atoms with van der Waals surface area (Å²) in [6, 6.07) is 3.68. The van der Waals surface area contributed by atoms with Crippen LogP contribution in [0.2, 0.25) is 0 Å². The van der Waals surface area contributed by atoms with Crippen LogP contribution in [0, 0.1) is 11.7 Å². The third-order valence-electron chi connectivity index (χ3n) is 5.06.